The van der Waals surface area contributed by atoms with Crippen LogP contribution in [0.1, 0.15) is 12.8 Å². The molecule has 3 nitrogen and oxygen atoms in total. The summed E-state index contributed by atoms with van der Waals surface area (Å²) in [6.07, 6.45) is 2.19. The lowest BCUT2D eigenvalue weighted by atomic mass is 10.1. The topological polar surface area (TPSA) is 40.5 Å². The van der Waals surface area contributed by atoms with Gasteiger partial charge in [-0.2, -0.15) is 11.8 Å². The Balaban J connectivity index is 1.68. The third-order valence-electron chi connectivity index (χ3n) is 4.02. The van der Waals surface area contributed by atoms with Crippen molar-refractivity contribution in [3.63, 3.8) is 0 Å². The molecule has 0 aromatic carbocycles. The van der Waals surface area contributed by atoms with E-state index in [1.54, 1.807) is 0 Å². The van der Waals surface area contributed by atoms with E-state index in [-0.39, 0.29) is 5.41 Å². The van der Waals surface area contributed by atoms with Crippen molar-refractivity contribution in [2.75, 3.05) is 24.6 Å². The van der Waals surface area contributed by atoms with E-state index in [4.69, 9.17) is 5.11 Å². The summed E-state index contributed by atoms with van der Waals surface area (Å²) in [5.41, 5.74) is -0.326. The van der Waals surface area contributed by atoms with Crippen molar-refractivity contribution >= 4 is 17.7 Å². The first-order valence-electron chi connectivity index (χ1n) is 5.27. The lowest BCUT2D eigenvalue weighted by Gasteiger charge is -2.25. The van der Waals surface area contributed by atoms with Gasteiger partial charge in [-0.3, -0.25) is 9.69 Å². The zero-order valence-corrected chi connectivity index (χ0v) is 8.92. The summed E-state index contributed by atoms with van der Waals surface area (Å²) in [6.45, 7) is 1.86. The Morgan fingerprint density at radius 3 is 3.00 bits per heavy atom. The highest BCUT2D eigenvalue weighted by molar-refractivity contribution is 7.99. The molecule has 1 aliphatic carbocycles. The molecule has 0 spiro atoms. The summed E-state index contributed by atoms with van der Waals surface area (Å²) in [5.74, 6) is 2.37. The highest BCUT2D eigenvalue weighted by Gasteiger charge is 2.65. The van der Waals surface area contributed by atoms with Gasteiger partial charge >= 0.3 is 5.97 Å². The molecule has 4 heteroatoms. The van der Waals surface area contributed by atoms with Crippen LogP contribution in [-0.4, -0.2) is 46.6 Å². The van der Waals surface area contributed by atoms with Crippen LogP contribution in [0.4, 0.5) is 0 Å². The second kappa shape index (κ2) is 2.89. The van der Waals surface area contributed by atoms with Crippen molar-refractivity contribution < 1.29 is 9.90 Å². The molecular formula is C10H15NO2S. The minimum Gasteiger partial charge on any atom is -0.481 e. The van der Waals surface area contributed by atoms with Gasteiger partial charge in [0.15, 0.2) is 0 Å². The van der Waals surface area contributed by atoms with E-state index in [9.17, 15) is 4.79 Å². The number of hydrogen-bond donors (Lipinski definition) is 1. The van der Waals surface area contributed by atoms with Crippen molar-refractivity contribution in [3.8, 4) is 0 Å². The number of carbonyl (C=O) groups is 1. The molecule has 0 radical (unpaired) electrons. The predicted octanol–water partition coefficient (Wildman–Crippen LogP) is 0.898. The standard InChI is InChI=1S/C10H15NO2S/c12-9(13)10-3-7(10)4-11(6-10)8-1-2-14-5-8/h7-8H,1-6H2,(H,12,13). The Morgan fingerprint density at radius 2 is 2.43 bits per heavy atom. The van der Waals surface area contributed by atoms with Crippen molar-refractivity contribution in [1.82, 2.24) is 4.90 Å². The fourth-order valence-electron chi connectivity index (χ4n) is 2.94. The van der Waals surface area contributed by atoms with Gasteiger partial charge in [0, 0.05) is 24.9 Å². The number of hydrogen-bond acceptors (Lipinski definition) is 3. The number of carboxylic acids is 1. The molecule has 3 aliphatic rings. The van der Waals surface area contributed by atoms with E-state index < -0.39 is 5.97 Å². The summed E-state index contributed by atoms with van der Waals surface area (Å²) >= 11 is 2.00. The molecule has 2 heterocycles. The molecule has 2 saturated heterocycles. The number of aliphatic carboxylic acids is 1. The first-order chi connectivity index (χ1) is 6.72. The Hall–Kier alpha value is -0.220. The Bertz CT molecular complexity index is 277. The van der Waals surface area contributed by atoms with Crippen LogP contribution in [0.25, 0.3) is 0 Å². The van der Waals surface area contributed by atoms with Crippen LogP contribution in [0.15, 0.2) is 0 Å². The molecule has 3 atom stereocenters. The maximum Gasteiger partial charge on any atom is 0.311 e. The highest BCUT2D eigenvalue weighted by Crippen LogP contribution is 2.58. The molecule has 0 aromatic heterocycles. The van der Waals surface area contributed by atoms with Crippen LogP contribution in [0.5, 0.6) is 0 Å². The predicted molar refractivity (Wildman–Crippen MR) is 55.5 cm³/mol. The van der Waals surface area contributed by atoms with E-state index >= 15 is 0 Å². The fourth-order valence-corrected chi connectivity index (χ4v) is 4.20. The molecule has 0 amide bonds. The molecule has 3 fully saturated rings. The summed E-state index contributed by atoms with van der Waals surface area (Å²) in [4.78, 5) is 13.5. The van der Waals surface area contributed by atoms with Crippen LogP contribution in [0.3, 0.4) is 0 Å². The Morgan fingerprint density at radius 1 is 1.57 bits per heavy atom. The van der Waals surface area contributed by atoms with Crippen molar-refractivity contribution in [2.45, 2.75) is 18.9 Å². The number of nitrogens with zero attached hydrogens (tertiary/aromatic N) is 1. The molecule has 3 rings (SSSR count). The minimum absolute atomic E-state index is 0.326. The Labute approximate surface area is 87.8 Å². The minimum atomic E-state index is -0.560. The quantitative estimate of drug-likeness (QED) is 0.740. The molecule has 2 aliphatic heterocycles. The SMILES string of the molecule is O=C(O)C12CC1CN(C1CCSC1)C2. The third kappa shape index (κ3) is 1.13. The van der Waals surface area contributed by atoms with Crippen LogP contribution in [0.2, 0.25) is 0 Å². The van der Waals surface area contributed by atoms with E-state index in [0.29, 0.717) is 12.0 Å². The first kappa shape index (κ1) is 9.04. The summed E-state index contributed by atoms with van der Waals surface area (Å²) in [5, 5.41) is 9.14. The van der Waals surface area contributed by atoms with Gasteiger partial charge in [0.1, 0.15) is 0 Å². The zero-order chi connectivity index (χ0) is 9.76. The molecule has 1 saturated carbocycles. The van der Waals surface area contributed by atoms with Crippen molar-refractivity contribution in [1.29, 1.82) is 0 Å². The number of fused-ring (bicyclic) bond motifs is 1. The number of piperidine rings is 1. The van der Waals surface area contributed by atoms with Crippen LogP contribution < -0.4 is 0 Å². The van der Waals surface area contributed by atoms with Gasteiger partial charge < -0.3 is 5.11 Å². The van der Waals surface area contributed by atoms with E-state index in [1.165, 1.54) is 17.9 Å². The largest absolute Gasteiger partial charge is 0.481 e. The van der Waals surface area contributed by atoms with E-state index in [2.05, 4.69) is 4.90 Å². The van der Waals surface area contributed by atoms with Crippen molar-refractivity contribution in [2.24, 2.45) is 11.3 Å². The van der Waals surface area contributed by atoms with Gasteiger partial charge in [-0.1, -0.05) is 0 Å². The smallest absolute Gasteiger partial charge is 0.311 e. The van der Waals surface area contributed by atoms with Crippen LogP contribution >= 0.6 is 11.8 Å². The molecular weight excluding hydrogens is 198 g/mol. The van der Waals surface area contributed by atoms with Gasteiger partial charge in [-0.05, 0) is 24.5 Å². The Kier molecular flexibility index (Phi) is 1.86. The number of likely N-dealkylation sites (tertiary alicyclic amines) is 1. The number of rotatable bonds is 2. The van der Waals surface area contributed by atoms with Gasteiger partial charge in [0.25, 0.3) is 0 Å². The average Bonchev–Trinajstić information content (AvgIpc) is 2.62. The normalized spacial score (nSPS) is 46.6. The fraction of sp³-hybridized carbons (Fsp3) is 0.900. The van der Waals surface area contributed by atoms with Crippen molar-refractivity contribution in [3.05, 3.63) is 0 Å². The molecule has 3 unspecified atom stereocenters. The monoisotopic (exact) mass is 213 g/mol. The molecule has 78 valence electrons. The molecule has 1 N–H and O–H groups in total. The van der Waals surface area contributed by atoms with E-state index in [0.717, 1.165) is 19.5 Å². The summed E-state index contributed by atoms with van der Waals surface area (Å²) in [6, 6.07) is 0.670. The summed E-state index contributed by atoms with van der Waals surface area (Å²) < 4.78 is 0. The maximum absolute atomic E-state index is 11.1. The lowest BCUT2D eigenvalue weighted by molar-refractivity contribution is -0.143. The molecule has 0 aromatic rings. The highest BCUT2D eigenvalue weighted by atomic mass is 32.2. The first-order valence-corrected chi connectivity index (χ1v) is 6.43. The van der Waals surface area contributed by atoms with Gasteiger partial charge in [-0.25, -0.2) is 0 Å². The molecule has 0 bridgehead atoms. The number of carboxylic acid groups (broad SMARTS) is 1. The third-order valence-corrected chi connectivity index (χ3v) is 5.16. The van der Waals surface area contributed by atoms with Crippen LogP contribution in [0, 0.1) is 11.3 Å². The average molecular weight is 213 g/mol. The molecule has 14 heavy (non-hydrogen) atoms. The summed E-state index contributed by atoms with van der Waals surface area (Å²) in [7, 11) is 0. The van der Waals surface area contributed by atoms with Crippen LogP contribution in [-0.2, 0) is 4.79 Å². The van der Waals surface area contributed by atoms with E-state index in [1.807, 2.05) is 11.8 Å². The second-order valence-corrected chi connectivity index (χ2v) is 5.96. The number of thioether (sulfide) groups is 1. The van der Waals surface area contributed by atoms with Gasteiger partial charge in [0.05, 0.1) is 5.41 Å². The lowest BCUT2D eigenvalue weighted by Crippen LogP contribution is -2.37. The zero-order valence-electron chi connectivity index (χ0n) is 8.11. The maximum atomic E-state index is 11.1. The van der Waals surface area contributed by atoms with Gasteiger partial charge in [0.2, 0.25) is 0 Å². The van der Waals surface area contributed by atoms with Gasteiger partial charge in [-0.15, -0.1) is 0 Å². The second-order valence-electron chi connectivity index (χ2n) is 4.81.